The Bertz CT molecular complexity index is 408. The molecule has 1 aliphatic carbocycles. The molecular weight excluding hydrogens is 230 g/mol. The van der Waals surface area contributed by atoms with E-state index in [1.54, 1.807) is 6.20 Å². The predicted octanol–water partition coefficient (Wildman–Crippen LogP) is 2.64. The SMILES string of the molecule is COC(=O)C1(Oc2ccc(C)nc2)CCCCC1. The summed E-state index contributed by atoms with van der Waals surface area (Å²) in [6, 6.07) is 3.73. The zero-order chi connectivity index (χ0) is 13.0. The van der Waals surface area contributed by atoms with Gasteiger partial charge in [0.1, 0.15) is 5.75 Å². The maximum Gasteiger partial charge on any atom is 0.350 e. The number of rotatable bonds is 3. The summed E-state index contributed by atoms with van der Waals surface area (Å²) >= 11 is 0. The molecule has 0 atom stereocenters. The van der Waals surface area contributed by atoms with E-state index in [-0.39, 0.29) is 5.97 Å². The van der Waals surface area contributed by atoms with Gasteiger partial charge < -0.3 is 9.47 Å². The molecule has 1 aliphatic rings. The van der Waals surface area contributed by atoms with Crippen molar-refractivity contribution in [1.29, 1.82) is 0 Å². The topological polar surface area (TPSA) is 48.4 Å². The summed E-state index contributed by atoms with van der Waals surface area (Å²) in [6.45, 7) is 1.92. The number of ether oxygens (including phenoxy) is 2. The molecular formula is C14H19NO3. The summed E-state index contributed by atoms with van der Waals surface area (Å²) in [5.74, 6) is 0.357. The van der Waals surface area contributed by atoms with Crippen LogP contribution in [0.5, 0.6) is 5.75 Å². The number of pyridine rings is 1. The minimum atomic E-state index is -0.816. The van der Waals surface area contributed by atoms with Crippen molar-refractivity contribution in [1.82, 2.24) is 4.98 Å². The lowest BCUT2D eigenvalue weighted by Gasteiger charge is -2.34. The summed E-state index contributed by atoms with van der Waals surface area (Å²) in [4.78, 5) is 16.2. The molecule has 0 saturated heterocycles. The maximum absolute atomic E-state index is 12.0. The van der Waals surface area contributed by atoms with Crippen molar-refractivity contribution >= 4 is 5.97 Å². The third kappa shape index (κ3) is 2.63. The molecule has 1 aromatic heterocycles. The van der Waals surface area contributed by atoms with Gasteiger partial charge in [-0.2, -0.15) is 0 Å². The molecule has 0 amide bonds. The van der Waals surface area contributed by atoms with Crippen molar-refractivity contribution in [2.45, 2.75) is 44.6 Å². The van der Waals surface area contributed by atoms with Gasteiger partial charge in [-0.15, -0.1) is 0 Å². The van der Waals surface area contributed by atoms with Gasteiger partial charge in [0.05, 0.1) is 13.3 Å². The Labute approximate surface area is 107 Å². The average Bonchev–Trinajstić information content (AvgIpc) is 2.41. The highest BCUT2D eigenvalue weighted by Crippen LogP contribution is 2.33. The van der Waals surface area contributed by atoms with Gasteiger partial charge in [0, 0.05) is 5.69 Å². The van der Waals surface area contributed by atoms with E-state index < -0.39 is 5.60 Å². The molecule has 18 heavy (non-hydrogen) atoms. The summed E-state index contributed by atoms with van der Waals surface area (Å²) < 4.78 is 10.8. The van der Waals surface area contributed by atoms with Gasteiger partial charge in [0.25, 0.3) is 0 Å². The molecule has 4 heteroatoms. The molecule has 1 heterocycles. The van der Waals surface area contributed by atoms with Crippen molar-refractivity contribution in [3.8, 4) is 5.75 Å². The minimum Gasteiger partial charge on any atom is -0.474 e. The van der Waals surface area contributed by atoms with Crippen LogP contribution in [0, 0.1) is 6.92 Å². The van der Waals surface area contributed by atoms with Crippen LogP contribution in [0.3, 0.4) is 0 Å². The van der Waals surface area contributed by atoms with E-state index >= 15 is 0 Å². The average molecular weight is 249 g/mol. The van der Waals surface area contributed by atoms with Crippen LogP contribution in [0.4, 0.5) is 0 Å². The first-order chi connectivity index (χ1) is 8.66. The quantitative estimate of drug-likeness (QED) is 0.773. The Kier molecular flexibility index (Phi) is 3.84. The van der Waals surface area contributed by atoms with Crippen LogP contribution in [-0.2, 0) is 9.53 Å². The van der Waals surface area contributed by atoms with Gasteiger partial charge in [-0.05, 0) is 44.7 Å². The van der Waals surface area contributed by atoms with Gasteiger partial charge in [-0.1, -0.05) is 6.42 Å². The highest BCUT2D eigenvalue weighted by Gasteiger charge is 2.43. The number of aromatic nitrogens is 1. The van der Waals surface area contributed by atoms with E-state index in [9.17, 15) is 4.79 Å². The molecule has 0 unspecified atom stereocenters. The van der Waals surface area contributed by atoms with Crippen molar-refractivity contribution in [3.05, 3.63) is 24.0 Å². The Morgan fingerprint density at radius 1 is 1.28 bits per heavy atom. The first-order valence-electron chi connectivity index (χ1n) is 6.36. The second kappa shape index (κ2) is 5.38. The molecule has 0 aromatic carbocycles. The Morgan fingerprint density at radius 3 is 2.56 bits per heavy atom. The van der Waals surface area contributed by atoms with Crippen LogP contribution in [0.25, 0.3) is 0 Å². The third-order valence-electron chi connectivity index (χ3n) is 3.42. The molecule has 1 aromatic rings. The lowest BCUT2D eigenvalue weighted by molar-refractivity contribution is -0.162. The predicted molar refractivity (Wildman–Crippen MR) is 67.4 cm³/mol. The fraction of sp³-hybridized carbons (Fsp3) is 0.571. The van der Waals surface area contributed by atoms with Gasteiger partial charge in [0.2, 0.25) is 5.60 Å². The first kappa shape index (κ1) is 12.9. The third-order valence-corrected chi connectivity index (χ3v) is 3.42. The van der Waals surface area contributed by atoms with Crippen molar-refractivity contribution < 1.29 is 14.3 Å². The normalized spacial score (nSPS) is 18.1. The summed E-state index contributed by atoms with van der Waals surface area (Å²) in [6.07, 6.45) is 6.23. The lowest BCUT2D eigenvalue weighted by Crippen LogP contribution is -2.47. The number of methoxy groups -OCH3 is 1. The zero-order valence-electron chi connectivity index (χ0n) is 10.9. The molecule has 0 radical (unpaired) electrons. The largest absolute Gasteiger partial charge is 0.474 e. The molecule has 1 saturated carbocycles. The standard InChI is InChI=1S/C14H19NO3/c1-11-6-7-12(10-15-11)18-14(13(16)17-2)8-4-3-5-9-14/h6-7,10H,3-5,8-9H2,1-2H3. The number of nitrogens with zero attached hydrogens (tertiary/aromatic N) is 1. The fourth-order valence-electron chi connectivity index (χ4n) is 2.40. The zero-order valence-corrected chi connectivity index (χ0v) is 10.9. The van der Waals surface area contributed by atoms with Gasteiger partial charge in [-0.3, -0.25) is 4.98 Å². The summed E-state index contributed by atoms with van der Waals surface area (Å²) in [5, 5.41) is 0. The number of aryl methyl sites for hydroxylation is 1. The molecule has 1 fully saturated rings. The van der Waals surface area contributed by atoms with E-state index in [1.807, 2.05) is 19.1 Å². The van der Waals surface area contributed by atoms with Crippen molar-refractivity contribution in [3.63, 3.8) is 0 Å². The Hall–Kier alpha value is -1.58. The van der Waals surface area contributed by atoms with E-state index in [0.29, 0.717) is 18.6 Å². The number of carbonyl (C=O) groups excluding carboxylic acids is 1. The second-order valence-electron chi connectivity index (χ2n) is 4.78. The minimum absolute atomic E-state index is 0.275. The molecule has 4 nitrogen and oxygen atoms in total. The summed E-state index contributed by atoms with van der Waals surface area (Å²) in [5.41, 5.74) is 0.113. The monoisotopic (exact) mass is 249 g/mol. The molecule has 0 aliphatic heterocycles. The van der Waals surface area contributed by atoms with Crippen LogP contribution in [0.1, 0.15) is 37.8 Å². The van der Waals surface area contributed by atoms with Crippen LogP contribution >= 0.6 is 0 Å². The van der Waals surface area contributed by atoms with Gasteiger partial charge in [0.15, 0.2) is 0 Å². The van der Waals surface area contributed by atoms with Crippen LogP contribution in [-0.4, -0.2) is 23.7 Å². The number of hydrogen-bond donors (Lipinski definition) is 0. The molecule has 0 bridgehead atoms. The van der Waals surface area contributed by atoms with E-state index in [0.717, 1.165) is 25.0 Å². The molecule has 0 N–H and O–H groups in total. The smallest absolute Gasteiger partial charge is 0.350 e. The van der Waals surface area contributed by atoms with E-state index in [1.165, 1.54) is 7.11 Å². The van der Waals surface area contributed by atoms with E-state index in [2.05, 4.69) is 4.98 Å². The first-order valence-corrected chi connectivity index (χ1v) is 6.36. The fourth-order valence-corrected chi connectivity index (χ4v) is 2.40. The van der Waals surface area contributed by atoms with E-state index in [4.69, 9.17) is 9.47 Å². The van der Waals surface area contributed by atoms with Crippen LogP contribution in [0.2, 0.25) is 0 Å². The number of carbonyl (C=O) groups is 1. The highest BCUT2D eigenvalue weighted by molar-refractivity contribution is 5.80. The van der Waals surface area contributed by atoms with Crippen molar-refractivity contribution in [2.75, 3.05) is 7.11 Å². The second-order valence-corrected chi connectivity index (χ2v) is 4.78. The molecule has 98 valence electrons. The molecule has 2 rings (SSSR count). The van der Waals surface area contributed by atoms with Crippen LogP contribution < -0.4 is 4.74 Å². The number of hydrogen-bond acceptors (Lipinski definition) is 4. The summed E-state index contributed by atoms with van der Waals surface area (Å²) in [7, 11) is 1.41. The highest BCUT2D eigenvalue weighted by atomic mass is 16.6. The van der Waals surface area contributed by atoms with Gasteiger partial charge >= 0.3 is 5.97 Å². The lowest BCUT2D eigenvalue weighted by atomic mass is 9.84. The maximum atomic E-state index is 12.0. The Morgan fingerprint density at radius 2 is 2.00 bits per heavy atom. The van der Waals surface area contributed by atoms with Crippen molar-refractivity contribution in [2.24, 2.45) is 0 Å². The van der Waals surface area contributed by atoms with Crippen LogP contribution in [0.15, 0.2) is 18.3 Å². The molecule has 0 spiro atoms. The Balaban J connectivity index is 2.19. The number of esters is 1. The van der Waals surface area contributed by atoms with Gasteiger partial charge in [-0.25, -0.2) is 4.79 Å².